The van der Waals surface area contributed by atoms with Crippen LogP contribution in [-0.4, -0.2) is 29.3 Å². The highest BCUT2D eigenvalue weighted by Crippen LogP contribution is 2.27. The van der Waals surface area contributed by atoms with Crippen LogP contribution in [0.25, 0.3) is 10.6 Å². The fourth-order valence-electron chi connectivity index (χ4n) is 2.19. The van der Waals surface area contributed by atoms with Crippen LogP contribution in [0.4, 0.5) is 0 Å². The summed E-state index contributed by atoms with van der Waals surface area (Å²) in [5.41, 5.74) is 6.05. The SMILES string of the molecule is Cc1nc(-c2ccccc2)sc1C(=O)NNC(=O)CNC(=O)c1ccco1. The molecule has 9 heteroatoms. The lowest BCUT2D eigenvalue weighted by Gasteiger charge is -2.07. The Bertz CT molecular complexity index is 951. The maximum atomic E-state index is 12.3. The molecule has 0 saturated heterocycles. The molecular weight excluding hydrogens is 368 g/mol. The Morgan fingerprint density at radius 3 is 2.52 bits per heavy atom. The van der Waals surface area contributed by atoms with E-state index >= 15 is 0 Å². The van der Waals surface area contributed by atoms with Gasteiger partial charge in [0.1, 0.15) is 9.88 Å². The van der Waals surface area contributed by atoms with Crippen LogP contribution in [0.2, 0.25) is 0 Å². The van der Waals surface area contributed by atoms with Gasteiger partial charge in [-0.25, -0.2) is 4.98 Å². The van der Waals surface area contributed by atoms with Crippen LogP contribution in [0.1, 0.15) is 25.9 Å². The molecule has 8 nitrogen and oxygen atoms in total. The first-order chi connectivity index (χ1) is 13.0. The molecule has 0 radical (unpaired) electrons. The highest BCUT2D eigenvalue weighted by atomic mass is 32.1. The number of benzene rings is 1. The number of rotatable bonds is 5. The van der Waals surface area contributed by atoms with E-state index < -0.39 is 17.7 Å². The number of hydrogen-bond acceptors (Lipinski definition) is 6. The number of nitrogens with zero attached hydrogens (tertiary/aromatic N) is 1. The van der Waals surface area contributed by atoms with Gasteiger partial charge in [-0.15, -0.1) is 11.3 Å². The second-order valence-corrected chi connectivity index (χ2v) is 6.46. The number of carbonyl (C=O) groups is 3. The van der Waals surface area contributed by atoms with Gasteiger partial charge in [-0.1, -0.05) is 30.3 Å². The van der Waals surface area contributed by atoms with Crippen molar-refractivity contribution in [2.45, 2.75) is 6.92 Å². The van der Waals surface area contributed by atoms with Gasteiger partial charge in [-0.05, 0) is 19.1 Å². The molecule has 0 aliphatic heterocycles. The average molecular weight is 384 g/mol. The summed E-state index contributed by atoms with van der Waals surface area (Å²) in [5, 5.41) is 3.10. The predicted molar refractivity (Wildman–Crippen MR) is 98.9 cm³/mol. The van der Waals surface area contributed by atoms with Crippen molar-refractivity contribution in [3.63, 3.8) is 0 Å². The van der Waals surface area contributed by atoms with Crippen LogP contribution in [0, 0.1) is 6.92 Å². The minimum atomic E-state index is -0.575. The number of hydrogen-bond donors (Lipinski definition) is 3. The molecule has 0 fully saturated rings. The highest BCUT2D eigenvalue weighted by Gasteiger charge is 2.17. The molecule has 1 aromatic carbocycles. The van der Waals surface area contributed by atoms with E-state index in [-0.39, 0.29) is 12.3 Å². The largest absolute Gasteiger partial charge is 0.459 e. The van der Waals surface area contributed by atoms with Gasteiger partial charge >= 0.3 is 0 Å². The van der Waals surface area contributed by atoms with E-state index in [1.54, 1.807) is 13.0 Å². The van der Waals surface area contributed by atoms with Crippen molar-refractivity contribution in [3.8, 4) is 10.6 Å². The predicted octanol–water partition coefficient (Wildman–Crippen LogP) is 1.90. The molecule has 3 aromatic rings. The molecule has 3 rings (SSSR count). The van der Waals surface area contributed by atoms with Gasteiger partial charge in [0.15, 0.2) is 5.76 Å². The summed E-state index contributed by atoms with van der Waals surface area (Å²) in [6.07, 6.45) is 1.36. The van der Waals surface area contributed by atoms with E-state index in [0.717, 1.165) is 10.6 Å². The molecule has 138 valence electrons. The Morgan fingerprint density at radius 2 is 1.81 bits per heavy atom. The normalized spacial score (nSPS) is 10.3. The maximum absolute atomic E-state index is 12.3. The van der Waals surface area contributed by atoms with E-state index in [1.165, 1.54) is 23.7 Å². The third-order valence-electron chi connectivity index (χ3n) is 3.49. The van der Waals surface area contributed by atoms with Crippen molar-refractivity contribution in [1.29, 1.82) is 0 Å². The minimum absolute atomic E-state index is 0.0977. The molecule has 0 aliphatic rings. The van der Waals surface area contributed by atoms with Crippen LogP contribution in [0.5, 0.6) is 0 Å². The Balaban J connectivity index is 1.52. The first-order valence-electron chi connectivity index (χ1n) is 7.98. The molecule has 0 spiro atoms. The van der Waals surface area contributed by atoms with Crippen LogP contribution >= 0.6 is 11.3 Å². The number of hydrazine groups is 1. The molecule has 2 heterocycles. The fraction of sp³-hybridized carbons (Fsp3) is 0.111. The molecule has 0 atom stereocenters. The monoisotopic (exact) mass is 384 g/mol. The Morgan fingerprint density at radius 1 is 1.04 bits per heavy atom. The second-order valence-electron chi connectivity index (χ2n) is 5.46. The smallest absolute Gasteiger partial charge is 0.287 e. The van der Waals surface area contributed by atoms with Crippen molar-refractivity contribution in [3.05, 3.63) is 65.1 Å². The summed E-state index contributed by atoms with van der Waals surface area (Å²) in [6.45, 7) is 1.42. The van der Waals surface area contributed by atoms with Crippen LogP contribution < -0.4 is 16.2 Å². The van der Waals surface area contributed by atoms with Crippen LogP contribution in [0.15, 0.2) is 53.1 Å². The van der Waals surface area contributed by atoms with Crippen LogP contribution in [-0.2, 0) is 4.79 Å². The van der Waals surface area contributed by atoms with E-state index in [0.29, 0.717) is 10.6 Å². The number of aromatic nitrogens is 1. The van der Waals surface area contributed by atoms with E-state index in [2.05, 4.69) is 21.2 Å². The third-order valence-corrected chi connectivity index (χ3v) is 4.70. The summed E-state index contributed by atoms with van der Waals surface area (Å²) in [6, 6.07) is 12.5. The molecule has 0 bridgehead atoms. The molecular formula is C18H16N4O4S. The van der Waals surface area contributed by atoms with Crippen molar-refractivity contribution in [2.24, 2.45) is 0 Å². The number of thiazole rings is 1. The fourth-order valence-corrected chi connectivity index (χ4v) is 3.16. The highest BCUT2D eigenvalue weighted by molar-refractivity contribution is 7.17. The summed E-state index contributed by atoms with van der Waals surface area (Å²) in [5.74, 6) is -1.47. The third kappa shape index (κ3) is 4.59. The number of aryl methyl sites for hydroxylation is 1. The van der Waals surface area contributed by atoms with Crippen molar-refractivity contribution in [2.75, 3.05) is 6.54 Å². The van der Waals surface area contributed by atoms with Crippen LogP contribution in [0.3, 0.4) is 0 Å². The lowest BCUT2D eigenvalue weighted by Crippen LogP contribution is -2.46. The molecule has 0 saturated carbocycles. The molecule has 2 aromatic heterocycles. The van der Waals surface area contributed by atoms with Crippen molar-refractivity contribution >= 4 is 29.1 Å². The van der Waals surface area contributed by atoms with Gasteiger partial charge in [0.05, 0.1) is 18.5 Å². The number of amides is 3. The molecule has 27 heavy (non-hydrogen) atoms. The first-order valence-corrected chi connectivity index (χ1v) is 8.80. The zero-order valence-corrected chi connectivity index (χ0v) is 15.1. The summed E-state index contributed by atoms with van der Waals surface area (Å²) in [7, 11) is 0. The second kappa shape index (κ2) is 8.28. The topological polar surface area (TPSA) is 113 Å². The Labute approximate surface area is 158 Å². The van der Waals surface area contributed by atoms with Gasteiger partial charge in [0, 0.05) is 5.56 Å². The van der Waals surface area contributed by atoms with Gasteiger partial charge in [-0.2, -0.15) is 0 Å². The zero-order chi connectivity index (χ0) is 19.2. The summed E-state index contributed by atoms with van der Waals surface area (Å²) < 4.78 is 4.92. The Kier molecular flexibility index (Phi) is 5.62. The van der Waals surface area contributed by atoms with Gasteiger partial charge in [-0.3, -0.25) is 25.2 Å². The van der Waals surface area contributed by atoms with E-state index in [9.17, 15) is 14.4 Å². The Hall–Kier alpha value is -3.46. The van der Waals surface area contributed by atoms with E-state index in [4.69, 9.17) is 4.42 Å². The average Bonchev–Trinajstić information content (AvgIpc) is 3.35. The summed E-state index contributed by atoms with van der Waals surface area (Å²) in [4.78, 5) is 40.5. The molecule has 0 unspecified atom stereocenters. The quantitative estimate of drug-likeness (QED) is 0.582. The molecule has 3 amide bonds. The van der Waals surface area contributed by atoms with Gasteiger partial charge in [0.25, 0.3) is 17.7 Å². The van der Waals surface area contributed by atoms with Crippen molar-refractivity contribution < 1.29 is 18.8 Å². The van der Waals surface area contributed by atoms with Gasteiger partial charge in [0.2, 0.25) is 0 Å². The number of furan rings is 1. The van der Waals surface area contributed by atoms with Crippen molar-refractivity contribution in [1.82, 2.24) is 21.2 Å². The lowest BCUT2D eigenvalue weighted by atomic mass is 10.2. The number of nitrogens with one attached hydrogen (secondary N) is 3. The molecule has 0 aliphatic carbocycles. The first kappa shape index (κ1) is 18.3. The maximum Gasteiger partial charge on any atom is 0.287 e. The molecule has 3 N–H and O–H groups in total. The number of carbonyl (C=O) groups excluding carboxylic acids is 3. The minimum Gasteiger partial charge on any atom is -0.459 e. The van der Waals surface area contributed by atoms with E-state index in [1.807, 2.05) is 30.3 Å². The lowest BCUT2D eigenvalue weighted by molar-refractivity contribution is -0.120. The standard InChI is InChI=1S/C18H16N4O4S/c1-11-15(27-18(20-11)12-6-3-2-4-7-12)17(25)22-21-14(23)10-19-16(24)13-8-5-9-26-13/h2-9H,10H2,1H3,(H,19,24)(H,21,23)(H,22,25). The summed E-state index contributed by atoms with van der Waals surface area (Å²) >= 11 is 1.23. The zero-order valence-electron chi connectivity index (χ0n) is 14.3. The van der Waals surface area contributed by atoms with Gasteiger partial charge < -0.3 is 9.73 Å².